The van der Waals surface area contributed by atoms with Crippen molar-refractivity contribution in [2.75, 3.05) is 38.1 Å². The van der Waals surface area contributed by atoms with E-state index in [0.717, 1.165) is 66.2 Å². The number of rotatable bonds is 4. The molecule has 1 amide bonds. The Hall–Kier alpha value is -2.45. The van der Waals surface area contributed by atoms with Crippen molar-refractivity contribution in [2.45, 2.75) is 25.8 Å². The molecular weight excluding hydrogens is 456 g/mol. The fourth-order valence-electron chi connectivity index (χ4n) is 4.59. The summed E-state index contributed by atoms with van der Waals surface area (Å²) in [6.45, 7) is 5.41. The zero-order valence-electron chi connectivity index (χ0n) is 17.9. The Morgan fingerprint density at radius 2 is 1.94 bits per heavy atom. The quantitative estimate of drug-likeness (QED) is 0.619. The Morgan fingerprint density at radius 3 is 2.71 bits per heavy atom. The van der Waals surface area contributed by atoms with Crippen LogP contribution in [0.15, 0.2) is 41.0 Å². The second kappa shape index (κ2) is 8.24. The van der Waals surface area contributed by atoms with Crippen LogP contribution in [0.4, 0.5) is 5.82 Å². The number of nitrogens with one attached hydrogen (secondary N) is 1. The van der Waals surface area contributed by atoms with Gasteiger partial charge in [-0.2, -0.15) is 9.61 Å². The number of amides is 1. The first-order valence-electron chi connectivity index (χ1n) is 10.9. The number of hydrogen-bond acceptors (Lipinski definition) is 5. The van der Waals surface area contributed by atoms with E-state index in [-0.39, 0.29) is 17.9 Å². The van der Waals surface area contributed by atoms with E-state index in [0.29, 0.717) is 0 Å². The minimum Gasteiger partial charge on any atom is -0.354 e. The highest BCUT2D eigenvalue weighted by Gasteiger charge is 2.38. The van der Waals surface area contributed by atoms with Crippen molar-refractivity contribution in [3.8, 4) is 0 Å². The van der Waals surface area contributed by atoms with Gasteiger partial charge in [-0.05, 0) is 37.6 Å². The maximum Gasteiger partial charge on any atom is 0.229 e. The van der Waals surface area contributed by atoms with Crippen LogP contribution in [-0.2, 0) is 17.6 Å². The summed E-state index contributed by atoms with van der Waals surface area (Å²) in [5, 5.41) is 8.00. The number of nitrogens with zero attached hydrogens (tertiary/aromatic N) is 5. The second-order valence-electron chi connectivity index (χ2n) is 8.49. The average Bonchev–Trinajstić information content (AvgIpc) is 3.08. The topological polar surface area (TPSA) is 65.8 Å². The molecule has 7 nitrogen and oxygen atoms in total. The van der Waals surface area contributed by atoms with Crippen LogP contribution in [0.1, 0.15) is 29.8 Å². The molecule has 2 aliphatic heterocycles. The molecule has 0 bridgehead atoms. The monoisotopic (exact) mass is 482 g/mol. The van der Waals surface area contributed by atoms with E-state index in [1.54, 1.807) is 6.20 Å². The van der Waals surface area contributed by atoms with Gasteiger partial charge < -0.3 is 15.1 Å². The second-order valence-corrected chi connectivity index (χ2v) is 9.41. The lowest BCUT2D eigenvalue weighted by Crippen LogP contribution is -2.55. The van der Waals surface area contributed by atoms with Crippen molar-refractivity contribution in [3.63, 3.8) is 0 Å². The van der Waals surface area contributed by atoms with Crippen LogP contribution >= 0.6 is 15.9 Å². The molecule has 1 aromatic carbocycles. The van der Waals surface area contributed by atoms with Gasteiger partial charge in [0, 0.05) is 49.2 Å². The van der Waals surface area contributed by atoms with E-state index in [9.17, 15) is 4.79 Å². The number of halogens is 1. The van der Waals surface area contributed by atoms with E-state index in [2.05, 4.69) is 50.3 Å². The maximum absolute atomic E-state index is 13.2. The molecule has 1 fully saturated rings. The molecule has 3 aromatic rings. The van der Waals surface area contributed by atoms with Crippen molar-refractivity contribution >= 4 is 33.3 Å². The van der Waals surface area contributed by atoms with Gasteiger partial charge in [-0.25, -0.2) is 4.98 Å². The minimum absolute atomic E-state index is 0.00114. The lowest BCUT2D eigenvalue weighted by atomic mass is 9.95. The summed E-state index contributed by atoms with van der Waals surface area (Å²) in [6.07, 6.45) is 3.66. The van der Waals surface area contributed by atoms with Crippen LogP contribution in [0, 0.1) is 5.92 Å². The molecule has 31 heavy (non-hydrogen) atoms. The maximum atomic E-state index is 13.2. The van der Waals surface area contributed by atoms with Crippen molar-refractivity contribution in [1.82, 2.24) is 24.8 Å². The number of aromatic nitrogens is 3. The van der Waals surface area contributed by atoms with E-state index < -0.39 is 0 Å². The van der Waals surface area contributed by atoms with Gasteiger partial charge in [0.25, 0.3) is 0 Å². The number of anilines is 1. The molecule has 2 aromatic heterocycles. The fourth-order valence-corrected chi connectivity index (χ4v) is 4.86. The Kier molecular flexibility index (Phi) is 5.44. The third-order valence-corrected chi connectivity index (χ3v) is 7.12. The lowest BCUT2D eigenvalue weighted by molar-refractivity contribution is -0.137. The summed E-state index contributed by atoms with van der Waals surface area (Å²) < 4.78 is 2.99. The number of fused-ring (bicyclic) bond motifs is 2. The molecular formula is C23H27BrN6O. The van der Waals surface area contributed by atoms with Gasteiger partial charge in [0.2, 0.25) is 5.91 Å². The minimum atomic E-state index is 0.00114. The molecule has 0 saturated carbocycles. The van der Waals surface area contributed by atoms with Crippen molar-refractivity contribution in [1.29, 1.82) is 0 Å². The number of carbonyl (C=O) groups is 1. The zero-order chi connectivity index (χ0) is 21.5. The van der Waals surface area contributed by atoms with Gasteiger partial charge in [-0.1, -0.05) is 28.1 Å². The van der Waals surface area contributed by atoms with Crippen molar-refractivity contribution in [2.24, 2.45) is 5.92 Å². The van der Waals surface area contributed by atoms with Crippen LogP contribution in [-0.4, -0.2) is 58.6 Å². The molecule has 1 unspecified atom stereocenters. The Bertz CT molecular complexity index is 1110. The summed E-state index contributed by atoms with van der Waals surface area (Å²) in [6, 6.07) is 10.2. The standard InChI is InChI=1S/C23H27BrN6O/c1-15(16-3-5-18(24)6-4-16)28(2)23(31)17-13-29(14-17)22-19-7-10-25-11-8-20(19)27-21-9-12-26-30(21)22/h3-6,9,12,15,17,25H,7-8,10-11,13-14H2,1-2H3. The molecule has 2 aliphatic rings. The number of benzene rings is 1. The third kappa shape index (κ3) is 3.72. The Labute approximate surface area is 190 Å². The van der Waals surface area contributed by atoms with E-state index in [1.165, 1.54) is 5.56 Å². The Balaban J connectivity index is 1.34. The van der Waals surface area contributed by atoms with Crippen molar-refractivity contribution < 1.29 is 4.79 Å². The van der Waals surface area contributed by atoms with Gasteiger partial charge in [0.05, 0.1) is 23.9 Å². The zero-order valence-corrected chi connectivity index (χ0v) is 19.5. The first-order valence-corrected chi connectivity index (χ1v) is 11.7. The average molecular weight is 483 g/mol. The summed E-state index contributed by atoms with van der Waals surface area (Å²) in [7, 11) is 1.91. The largest absolute Gasteiger partial charge is 0.354 e. The smallest absolute Gasteiger partial charge is 0.229 e. The van der Waals surface area contributed by atoms with Crippen LogP contribution in [0.3, 0.4) is 0 Å². The van der Waals surface area contributed by atoms with Crippen LogP contribution in [0.2, 0.25) is 0 Å². The first-order chi connectivity index (χ1) is 15.0. The van der Waals surface area contributed by atoms with Gasteiger partial charge in [-0.15, -0.1) is 0 Å². The molecule has 1 atom stereocenters. The molecule has 5 rings (SSSR count). The summed E-state index contributed by atoms with van der Waals surface area (Å²) >= 11 is 3.48. The summed E-state index contributed by atoms with van der Waals surface area (Å²) in [5.74, 6) is 1.31. The molecule has 0 spiro atoms. The van der Waals surface area contributed by atoms with Gasteiger partial charge >= 0.3 is 0 Å². The molecule has 0 radical (unpaired) electrons. The van der Waals surface area contributed by atoms with Crippen LogP contribution in [0.5, 0.6) is 0 Å². The molecule has 1 N–H and O–H groups in total. The number of hydrogen-bond donors (Lipinski definition) is 1. The highest BCUT2D eigenvalue weighted by molar-refractivity contribution is 9.10. The first kappa shape index (κ1) is 20.5. The van der Waals surface area contributed by atoms with Crippen LogP contribution < -0.4 is 10.2 Å². The van der Waals surface area contributed by atoms with Gasteiger partial charge in [0.1, 0.15) is 5.82 Å². The molecule has 4 heterocycles. The normalized spacial score (nSPS) is 17.7. The highest BCUT2D eigenvalue weighted by Crippen LogP contribution is 2.33. The third-order valence-electron chi connectivity index (χ3n) is 6.59. The van der Waals surface area contributed by atoms with Gasteiger partial charge in [-0.3, -0.25) is 4.79 Å². The summed E-state index contributed by atoms with van der Waals surface area (Å²) in [4.78, 5) is 22.2. The number of carbonyl (C=O) groups excluding carboxylic acids is 1. The summed E-state index contributed by atoms with van der Waals surface area (Å²) in [5.41, 5.74) is 4.44. The predicted octanol–water partition coefficient (Wildman–Crippen LogP) is 2.84. The molecule has 8 heteroatoms. The van der Waals surface area contributed by atoms with Gasteiger partial charge in [0.15, 0.2) is 5.65 Å². The lowest BCUT2D eigenvalue weighted by Gasteiger charge is -2.43. The predicted molar refractivity (Wildman–Crippen MR) is 124 cm³/mol. The highest BCUT2D eigenvalue weighted by atomic mass is 79.9. The Morgan fingerprint density at radius 1 is 1.19 bits per heavy atom. The fraction of sp³-hybridized carbons (Fsp3) is 0.435. The van der Waals surface area contributed by atoms with E-state index in [4.69, 9.17) is 4.98 Å². The molecule has 1 saturated heterocycles. The van der Waals surface area contributed by atoms with E-state index in [1.807, 2.05) is 34.7 Å². The molecule has 0 aliphatic carbocycles. The molecule has 162 valence electrons. The SMILES string of the molecule is CC(c1ccc(Br)cc1)N(C)C(=O)C1CN(c2c3c(nc4ccnn24)CCNCC3)C1. The van der Waals surface area contributed by atoms with Crippen LogP contribution in [0.25, 0.3) is 5.65 Å². The van der Waals surface area contributed by atoms with E-state index >= 15 is 0 Å². The van der Waals surface area contributed by atoms with Crippen molar-refractivity contribution in [3.05, 3.63) is 57.8 Å².